The Morgan fingerprint density at radius 2 is 1.48 bits per heavy atom. The van der Waals surface area contributed by atoms with Crippen molar-refractivity contribution >= 4 is 12.6 Å². The molecule has 2 rings (SSSR count). The number of rotatable bonds is 3. The number of halogens is 2. The van der Waals surface area contributed by atoms with Crippen molar-refractivity contribution in [1.82, 2.24) is 0 Å². The van der Waals surface area contributed by atoms with E-state index in [1.807, 2.05) is 41.5 Å². The molecule has 0 bridgehead atoms. The summed E-state index contributed by atoms with van der Waals surface area (Å²) in [6.07, 6.45) is -0.170. The molecule has 0 atom stereocenters. The summed E-state index contributed by atoms with van der Waals surface area (Å²) in [4.78, 5) is 0. The molecule has 1 aromatic carbocycles. The molecule has 1 aliphatic rings. The molecule has 0 amide bonds. The van der Waals surface area contributed by atoms with E-state index in [1.165, 1.54) is 0 Å². The third-order valence-electron chi connectivity index (χ3n) is 3.92. The van der Waals surface area contributed by atoms with E-state index in [4.69, 9.17) is 14.0 Å². The Hall–Kier alpha value is -1.14. The van der Waals surface area contributed by atoms with Gasteiger partial charge in [0.15, 0.2) is 11.6 Å². The molecule has 1 saturated heterocycles. The summed E-state index contributed by atoms with van der Waals surface area (Å²) in [6.45, 7) is 11.2. The van der Waals surface area contributed by atoms with Crippen LogP contribution in [0.3, 0.4) is 0 Å². The molecule has 1 fully saturated rings. The number of ether oxygens (including phenoxy) is 1. The van der Waals surface area contributed by atoms with E-state index >= 15 is 0 Å². The zero-order chi connectivity index (χ0) is 16.0. The minimum Gasteiger partial charge on any atom is -0.491 e. The second-order valence-electron chi connectivity index (χ2n) is 6.56. The van der Waals surface area contributed by atoms with Crippen LogP contribution in [0.2, 0.25) is 0 Å². The van der Waals surface area contributed by atoms with Crippen LogP contribution in [-0.4, -0.2) is 24.4 Å². The van der Waals surface area contributed by atoms with Gasteiger partial charge in [-0.05, 0) is 47.6 Å². The van der Waals surface area contributed by atoms with Gasteiger partial charge in [0.05, 0.1) is 17.3 Å². The fourth-order valence-electron chi connectivity index (χ4n) is 2.05. The van der Waals surface area contributed by atoms with Crippen LogP contribution in [0.15, 0.2) is 12.1 Å². The first-order chi connectivity index (χ1) is 9.53. The summed E-state index contributed by atoms with van der Waals surface area (Å²) in [6, 6.07) is 2.12. The maximum Gasteiger partial charge on any atom is 0.498 e. The highest BCUT2D eigenvalue weighted by atomic mass is 19.2. The van der Waals surface area contributed by atoms with Gasteiger partial charge < -0.3 is 14.0 Å². The quantitative estimate of drug-likeness (QED) is 0.803. The van der Waals surface area contributed by atoms with Crippen molar-refractivity contribution in [3.8, 4) is 5.75 Å². The van der Waals surface area contributed by atoms with E-state index in [1.54, 1.807) is 0 Å². The van der Waals surface area contributed by atoms with Crippen LogP contribution >= 0.6 is 0 Å². The minimum absolute atomic E-state index is 0.170. The third kappa shape index (κ3) is 3.06. The molecular weight excluding hydrogens is 277 g/mol. The second kappa shape index (κ2) is 5.25. The standard InChI is InChI=1S/C15H21BF2O3/c1-9(2)19-13-8-12(18)11(17)7-10(13)16-20-14(3,4)15(5,6)21-16/h7-9H,1-6H3. The number of hydrogen-bond donors (Lipinski definition) is 0. The molecule has 1 heterocycles. The van der Waals surface area contributed by atoms with Crippen molar-refractivity contribution < 1.29 is 22.8 Å². The van der Waals surface area contributed by atoms with Gasteiger partial charge >= 0.3 is 7.12 Å². The molecule has 116 valence electrons. The van der Waals surface area contributed by atoms with Crippen LogP contribution in [0.1, 0.15) is 41.5 Å². The lowest BCUT2D eigenvalue weighted by molar-refractivity contribution is 0.00578. The average Bonchev–Trinajstić information content (AvgIpc) is 2.52. The molecule has 0 spiro atoms. The monoisotopic (exact) mass is 298 g/mol. The van der Waals surface area contributed by atoms with Crippen molar-refractivity contribution in [2.75, 3.05) is 0 Å². The van der Waals surface area contributed by atoms with Crippen LogP contribution in [0, 0.1) is 11.6 Å². The Kier molecular flexibility index (Phi) is 4.06. The summed E-state index contributed by atoms with van der Waals surface area (Å²) in [7, 11) is -0.793. The molecule has 1 aromatic rings. The Morgan fingerprint density at radius 3 is 1.95 bits per heavy atom. The zero-order valence-corrected chi connectivity index (χ0v) is 13.3. The van der Waals surface area contributed by atoms with Crippen molar-refractivity contribution in [2.45, 2.75) is 58.8 Å². The van der Waals surface area contributed by atoms with E-state index in [0.717, 1.165) is 12.1 Å². The highest BCUT2D eigenvalue weighted by Gasteiger charge is 2.52. The molecule has 0 radical (unpaired) electrons. The van der Waals surface area contributed by atoms with Gasteiger partial charge in [-0.15, -0.1) is 0 Å². The van der Waals surface area contributed by atoms with Crippen molar-refractivity contribution in [2.24, 2.45) is 0 Å². The molecule has 0 saturated carbocycles. The topological polar surface area (TPSA) is 27.7 Å². The summed E-state index contributed by atoms with van der Waals surface area (Å²) >= 11 is 0. The highest BCUT2D eigenvalue weighted by molar-refractivity contribution is 6.63. The fourth-order valence-corrected chi connectivity index (χ4v) is 2.05. The third-order valence-corrected chi connectivity index (χ3v) is 3.92. The molecule has 1 aliphatic heterocycles. The maximum atomic E-state index is 13.6. The van der Waals surface area contributed by atoms with Crippen molar-refractivity contribution in [3.63, 3.8) is 0 Å². The number of hydrogen-bond acceptors (Lipinski definition) is 3. The highest BCUT2D eigenvalue weighted by Crippen LogP contribution is 2.37. The maximum absolute atomic E-state index is 13.6. The van der Waals surface area contributed by atoms with Crippen LogP contribution in [0.25, 0.3) is 0 Å². The van der Waals surface area contributed by atoms with E-state index < -0.39 is 30.0 Å². The molecule has 3 nitrogen and oxygen atoms in total. The van der Waals surface area contributed by atoms with Gasteiger partial charge in [-0.3, -0.25) is 0 Å². The Bertz CT molecular complexity index is 528. The van der Waals surface area contributed by atoms with E-state index in [-0.39, 0.29) is 11.9 Å². The molecule has 0 N–H and O–H groups in total. The fraction of sp³-hybridized carbons (Fsp3) is 0.600. The molecular formula is C15H21BF2O3. The van der Waals surface area contributed by atoms with Gasteiger partial charge in [0.25, 0.3) is 0 Å². The SMILES string of the molecule is CC(C)Oc1cc(F)c(F)cc1B1OC(C)(C)C(C)(C)O1. The smallest absolute Gasteiger partial charge is 0.491 e. The Balaban J connectivity index is 2.42. The summed E-state index contributed by atoms with van der Waals surface area (Å²) < 4.78 is 44.4. The summed E-state index contributed by atoms with van der Waals surface area (Å²) in [5.74, 6) is -1.66. The van der Waals surface area contributed by atoms with Crippen LogP contribution in [-0.2, 0) is 9.31 Å². The largest absolute Gasteiger partial charge is 0.498 e. The predicted octanol–water partition coefficient (Wildman–Crippen LogP) is 3.05. The zero-order valence-electron chi connectivity index (χ0n) is 13.3. The Morgan fingerprint density at radius 1 is 1.00 bits per heavy atom. The van der Waals surface area contributed by atoms with Gasteiger partial charge in [0.2, 0.25) is 0 Å². The molecule has 21 heavy (non-hydrogen) atoms. The van der Waals surface area contributed by atoms with E-state index in [9.17, 15) is 8.78 Å². The van der Waals surface area contributed by atoms with E-state index in [2.05, 4.69) is 0 Å². The predicted molar refractivity (Wildman–Crippen MR) is 77.8 cm³/mol. The second-order valence-corrected chi connectivity index (χ2v) is 6.56. The molecule has 0 aromatic heterocycles. The normalized spacial score (nSPS) is 20.1. The lowest BCUT2D eigenvalue weighted by Crippen LogP contribution is -2.41. The van der Waals surface area contributed by atoms with Gasteiger partial charge in [0.1, 0.15) is 5.75 Å². The van der Waals surface area contributed by atoms with Gasteiger partial charge in [-0.1, -0.05) is 0 Å². The first kappa shape index (κ1) is 16.2. The lowest BCUT2D eigenvalue weighted by atomic mass is 9.78. The number of benzene rings is 1. The van der Waals surface area contributed by atoms with Gasteiger partial charge in [-0.25, -0.2) is 8.78 Å². The van der Waals surface area contributed by atoms with Crippen LogP contribution < -0.4 is 10.2 Å². The van der Waals surface area contributed by atoms with Crippen molar-refractivity contribution in [3.05, 3.63) is 23.8 Å². The molecule has 0 unspecified atom stereocenters. The van der Waals surface area contributed by atoms with Crippen LogP contribution in [0.5, 0.6) is 5.75 Å². The van der Waals surface area contributed by atoms with Crippen LogP contribution in [0.4, 0.5) is 8.78 Å². The minimum atomic E-state index is -0.953. The molecule has 6 heteroatoms. The van der Waals surface area contributed by atoms with Crippen molar-refractivity contribution in [1.29, 1.82) is 0 Å². The Labute approximate surface area is 124 Å². The average molecular weight is 298 g/mol. The first-order valence-corrected chi connectivity index (χ1v) is 7.05. The van der Waals surface area contributed by atoms with E-state index in [0.29, 0.717) is 5.46 Å². The lowest BCUT2D eigenvalue weighted by Gasteiger charge is -2.32. The first-order valence-electron chi connectivity index (χ1n) is 7.05. The summed E-state index contributed by atoms with van der Waals surface area (Å²) in [5.41, 5.74) is -0.754. The summed E-state index contributed by atoms with van der Waals surface area (Å²) in [5, 5.41) is 0. The van der Waals surface area contributed by atoms with Gasteiger partial charge in [0, 0.05) is 11.5 Å². The molecule has 0 aliphatic carbocycles. The van der Waals surface area contributed by atoms with Gasteiger partial charge in [-0.2, -0.15) is 0 Å².